The zero-order valence-electron chi connectivity index (χ0n) is 19.0. The Morgan fingerprint density at radius 3 is 2.41 bits per heavy atom. The predicted molar refractivity (Wildman–Crippen MR) is 129 cm³/mol. The quantitative estimate of drug-likeness (QED) is 0.201. The van der Waals surface area contributed by atoms with E-state index in [0.717, 1.165) is 10.9 Å². The molecule has 0 fully saturated rings. The molecule has 3 aromatic rings. The van der Waals surface area contributed by atoms with Crippen LogP contribution in [0.25, 0.3) is 10.8 Å². The normalized spacial score (nSPS) is 12.9. The number of phenolic OH excluding ortho intramolecular Hbond substituents is 1. The van der Waals surface area contributed by atoms with Gasteiger partial charge in [0.1, 0.15) is 5.75 Å². The number of nitrogens with one attached hydrogen (secondary N) is 2. The Balaban J connectivity index is 1.90. The van der Waals surface area contributed by atoms with Crippen LogP contribution in [0.5, 0.6) is 5.75 Å². The topological polar surface area (TPSA) is 117 Å². The minimum Gasteiger partial charge on any atom is -0.507 e. The molecule has 0 aliphatic rings. The number of amides is 2. The van der Waals surface area contributed by atoms with Crippen molar-refractivity contribution in [2.24, 2.45) is 0 Å². The second-order valence-electron chi connectivity index (χ2n) is 7.77. The first-order valence-electron chi connectivity index (χ1n) is 10.8. The molecule has 0 radical (unpaired) electrons. The smallest absolute Gasteiger partial charge is 0.412 e. The molecular weight excluding hydrogens is 436 g/mol. The van der Waals surface area contributed by atoms with Crippen LogP contribution in [0.2, 0.25) is 0 Å². The second-order valence-corrected chi connectivity index (χ2v) is 7.77. The van der Waals surface area contributed by atoms with Crippen molar-refractivity contribution in [3.05, 3.63) is 83.9 Å². The molecule has 0 spiro atoms. The zero-order chi connectivity index (χ0) is 24.5. The number of rotatable bonds is 9. The number of methoxy groups -OCH3 is 1. The van der Waals surface area contributed by atoms with E-state index in [9.17, 15) is 14.7 Å². The number of ether oxygens (including phenoxy) is 2. The monoisotopic (exact) mass is 464 g/mol. The van der Waals surface area contributed by atoms with Crippen molar-refractivity contribution in [2.45, 2.75) is 32.0 Å². The van der Waals surface area contributed by atoms with Gasteiger partial charge in [-0.1, -0.05) is 54.1 Å². The third-order valence-corrected chi connectivity index (χ3v) is 5.41. The van der Waals surface area contributed by atoms with Gasteiger partial charge >= 0.3 is 6.09 Å². The van der Waals surface area contributed by atoms with Gasteiger partial charge in [-0.25, -0.2) is 10.3 Å². The maximum absolute atomic E-state index is 12.8. The molecule has 4 N–H and O–H groups in total. The van der Waals surface area contributed by atoms with Crippen LogP contribution in [0.1, 0.15) is 30.1 Å². The van der Waals surface area contributed by atoms with Crippen molar-refractivity contribution in [3.63, 3.8) is 0 Å². The largest absolute Gasteiger partial charge is 0.507 e. The molecule has 34 heavy (non-hydrogen) atoms. The first-order valence-corrected chi connectivity index (χ1v) is 10.8. The van der Waals surface area contributed by atoms with E-state index in [1.54, 1.807) is 36.4 Å². The van der Waals surface area contributed by atoms with E-state index in [-0.39, 0.29) is 5.75 Å². The van der Waals surface area contributed by atoms with Crippen molar-refractivity contribution < 1.29 is 29.4 Å². The van der Waals surface area contributed by atoms with Crippen LogP contribution < -0.4 is 10.8 Å². The van der Waals surface area contributed by atoms with Gasteiger partial charge in [-0.15, -0.1) is 0 Å². The summed E-state index contributed by atoms with van der Waals surface area (Å²) in [6, 6.07) is 17.9. The van der Waals surface area contributed by atoms with E-state index in [1.165, 1.54) is 18.7 Å². The average Bonchev–Trinajstić information content (AvgIpc) is 2.85. The van der Waals surface area contributed by atoms with Crippen LogP contribution in [0.15, 0.2) is 72.8 Å². The summed E-state index contributed by atoms with van der Waals surface area (Å²) in [4.78, 5) is 24.0. The number of allylic oxidation sites excluding steroid dienone is 1. The molecule has 3 aromatic carbocycles. The van der Waals surface area contributed by atoms with E-state index >= 15 is 0 Å². The number of aryl methyl sites for hydroxylation is 1. The maximum atomic E-state index is 12.8. The van der Waals surface area contributed by atoms with Gasteiger partial charge in [-0.3, -0.25) is 15.3 Å². The van der Waals surface area contributed by atoms with Gasteiger partial charge in [0, 0.05) is 29.8 Å². The molecule has 2 amide bonds. The third-order valence-electron chi connectivity index (χ3n) is 5.41. The van der Waals surface area contributed by atoms with E-state index < -0.39 is 24.2 Å². The zero-order valence-corrected chi connectivity index (χ0v) is 19.0. The van der Waals surface area contributed by atoms with Crippen molar-refractivity contribution in [1.82, 2.24) is 5.48 Å². The highest BCUT2D eigenvalue weighted by Gasteiger charge is 2.29. The number of hydroxylamine groups is 1. The lowest BCUT2D eigenvalue weighted by Gasteiger charge is -2.27. The Bertz CT molecular complexity index is 1160. The molecular formula is C26H28N2O6. The van der Waals surface area contributed by atoms with Gasteiger partial charge in [-0.05, 0) is 43.4 Å². The number of hydrogen-bond acceptors (Lipinski definition) is 6. The summed E-state index contributed by atoms with van der Waals surface area (Å²) in [6.07, 6.45) is 1.64. The number of anilines is 1. The summed E-state index contributed by atoms with van der Waals surface area (Å²) < 4.78 is 11.6. The van der Waals surface area contributed by atoms with E-state index in [0.29, 0.717) is 29.5 Å². The van der Waals surface area contributed by atoms with Gasteiger partial charge in [0.15, 0.2) is 6.10 Å². The highest BCUT2D eigenvalue weighted by molar-refractivity contribution is 5.91. The first kappa shape index (κ1) is 24.8. The summed E-state index contributed by atoms with van der Waals surface area (Å²) in [7, 11) is 1.52. The molecule has 0 saturated heterocycles. The molecule has 0 aliphatic carbocycles. The lowest BCUT2D eigenvalue weighted by molar-refractivity contribution is -0.124. The number of fused-ring (bicyclic) bond motifs is 1. The second kappa shape index (κ2) is 11.8. The highest BCUT2D eigenvalue weighted by Crippen LogP contribution is 2.36. The molecule has 0 aromatic heterocycles. The van der Waals surface area contributed by atoms with E-state index in [2.05, 4.69) is 5.32 Å². The van der Waals surface area contributed by atoms with Gasteiger partial charge in [0.2, 0.25) is 0 Å². The lowest BCUT2D eigenvalue weighted by Crippen LogP contribution is -2.28. The number of phenols is 1. The van der Waals surface area contributed by atoms with Crippen LogP contribution in [0, 0.1) is 6.92 Å². The Kier molecular flexibility index (Phi) is 8.61. The predicted octanol–water partition coefficient (Wildman–Crippen LogP) is 5.00. The van der Waals surface area contributed by atoms with E-state index in [4.69, 9.17) is 14.7 Å². The number of hydrogen-bond donors (Lipinski definition) is 4. The van der Waals surface area contributed by atoms with Crippen LogP contribution in [0.3, 0.4) is 0 Å². The Morgan fingerprint density at radius 1 is 1.03 bits per heavy atom. The summed E-state index contributed by atoms with van der Waals surface area (Å²) in [5.74, 6) is -0.516. The minimum absolute atomic E-state index is 0.120. The fourth-order valence-electron chi connectivity index (χ4n) is 3.67. The number of aromatic hydroxyl groups is 1. The molecule has 2 atom stereocenters. The van der Waals surface area contributed by atoms with Crippen molar-refractivity contribution >= 4 is 28.5 Å². The van der Waals surface area contributed by atoms with Gasteiger partial charge < -0.3 is 14.6 Å². The van der Waals surface area contributed by atoms with E-state index in [1.807, 2.05) is 37.3 Å². The molecule has 178 valence electrons. The lowest BCUT2D eigenvalue weighted by atomic mass is 9.94. The van der Waals surface area contributed by atoms with Crippen LogP contribution >= 0.6 is 0 Å². The molecule has 0 saturated carbocycles. The maximum Gasteiger partial charge on any atom is 0.412 e. The van der Waals surface area contributed by atoms with Crippen LogP contribution in [0.4, 0.5) is 10.5 Å². The summed E-state index contributed by atoms with van der Waals surface area (Å²) in [5, 5.41) is 23.0. The van der Waals surface area contributed by atoms with Gasteiger partial charge in [-0.2, -0.15) is 0 Å². The summed E-state index contributed by atoms with van der Waals surface area (Å²) >= 11 is 0. The average molecular weight is 465 g/mol. The summed E-state index contributed by atoms with van der Waals surface area (Å²) in [5.41, 5.74) is 3.87. The SMILES string of the molecule is CO[C@H](CC/C=C/C(=O)NO)[C@H](OC(=O)Nc1ccc(C)cc1)c1ccc(O)c2ccccc12. The number of carbonyl (C=O) groups excluding carboxylic acids is 2. The first-order chi connectivity index (χ1) is 16.4. The number of carbonyl (C=O) groups is 2. The fraction of sp³-hybridized carbons (Fsp3) is 0.231. The number of benzene rings is 3. The Labute approximate surface area is 197 Å². The van der Waals surface area contributed by atoms with Crippen LogP contribution in [-0.2, 0) is 14.3 Å². The van der Waals surface area contributed by atoms with Crippen molar-refractivity contribution in [2.75, 3.05) is 12.4 Å². The van der Waals surface area contributed by atoms with Crippen molar-refractivity contribution in [1.29, 1.82) is 0 Å². The molecule has 0 unspecified atom stereocenters. The minimum atomic E-state index is -0.805. The standard InChI is InChI=1S/C26H28N2O6/c1-17-11-13-18(14-12-17)27-26(31)34-25(23(33-2)9-5-6-10-24(30)28-32)21-15-16-22(29)20-8-4-3-7-19(20)21/h3-4,6-8,10-16,23,25,29,32H,5,9H2,1-2H3,(H,27,31)(H,28,30)/b10-6+/t23-,25-/m1/s1. The molecule has 0 bridgehead atoms. The molecule has 0 aliphatic heterocycles. The van der Waals surface area contributed by atoms with Crippen LogP contribution in [-0.4, -0.2) is 35.5 Å². The van der Waals surface area contributed by atoms with Gasteiger partial charge in [0.05, 0.1) is 6.10 Å². The molecule has 3 rings (SSSR count). The third kappa shape index (κ3) is 6.34. The molecule has 0 heterocycles. The van der Waals surface area contributed by atoms with Gasteiger partial charge in [0.25, 0.3) is 5.91 Å². The summed E-state index contributed by atoms with van der Waals surface area (Å²) in [6.45, 7) is 1.95. The van der Waals surface area contributed by atoms with Crippen molar-refractivity contribution in [3.8, 4) is 5.75 Å². The molecule has 8 heteroatoms. The Hall–Kier alpha value is -3.88. The Morgan fingerprint density at radius 2 is 1.74 bits per heavy atom. The molecule has 8 nitrogen and oxygen atoms in total. The fourth-order valence-corrected chi connectivity index (χ4v) is 3.67. The highest BCUT2D eigenvalue weighted by atomic mass is 16.6.